The van der Waals surface area contributed by atoms with Crippen LogP contribution in [0.25, 0.3) is 0 Å². The largest absolute Gasteiger partial charge is 0.374 e. The molecule has 0 aromatic carbocycles. The molecule has 108 valence electrons. The van der Waals surface area contributed by atoms with Crippen molar-refractivity contribution in [2.75, 3.05) is 25.4 Å². The Bertz CT molecular complexity index is 528. The summed E-state index contributed by atoms with van der Waals surface area (Å²) in [5.41, 5.74) is 5.39. The van der Waals surface area contributed by atoms with Gasteiger partial charge in [-0.25, -0.2) is 13.1 Å². The molecule has 0 amide bonds. The van der Waals surface area contributed by atoms with E-state index in [1.807, 2.05) is 0 Å². The van der Waals surface area contributed by atoms with E-state index in [1.165, 1.54) is 0 Å². The van der Waals surface area contributed by atoms with E-state index >= 15 is 0 Å². The lowest BCUT2D eigenvalue weighted by molar-refractivity contribution is 0.265. The van der Waals surface area contributed by atoms with Crippen LogP contribution < -0.4 is 10.5 Å². The minimum Gasteiger partial charge on any atom is -0.374 e. The standard InChI is InChI=1S/C10H19N5O2S2/c1-7(2)15-4-3-8(6-15)5-12-19(16,17)10-14-13-9(11)18-10/h7-8,12H,3-6H2,1-2H3,(H2,11,13). The Morgan fingerprint density at radius 3 is 2.79 bits per heavy atom. The van der Waals surface area contributed by atoms with E-state index in [2.05, 4.69) is 33.7 Å². The molecule has 0 spiro atoms. The number of anilines is 1. The van der Waals surface area contributed by atoms with Crippen molar-refractivity contribution in [1.82, 2.24) is 19.8 Å². The van der Waals surface area contributed by atoms with Crippen LogP contribution >= 0.6 is 11.3 Å². The van der Waals surface area contributed by atoms with Gasteiger partial charge < -0.3 is 10.6 Å². The number of nitrogens with one attached hydrogen (secondary N) is 1. The Kier molecular flexibility index (Phi) is 4.39. The first-order chi connectivity index (χ1) is 8.88. The van der Waals surface area contributed by atoms with Gasteiger partial charge in [-0.05, 0) is 32.7 Å². The summed E-state index contributed by atoms with van der Waals surface area (Å²) in [6, 6.07) is 0.504. The first-order valence-electron chi connectivity index (χ1n) is 6.21. The van der Waals surface area contributed by atoms with Crippen LogP contribution in [0.15, 0.2) is 4.34 Å². The van der Waals surface area contributed by atoms with Crippen LogP contribution in [-0.4, -0.2) is 49.2 Å². The van der Waals surface area contributed by atoms with Gasteiger partial charge in [-0.2, -0.15) is 0 Å². The van der Waals surface area contributed by atoms with E-state index in [0.29, 0.717) is 18.5 Å². The van der Waals surface area contributed by atoms with E-state index < -0.39 is 10.0 Å². The average molecular weight is 305 g/mol. The molecule has 1 saturated heterocycles. The number of likely N-dealkylation sites (tertiary alicyclic amines) is 1. The van der Waals surface area contributed by atoms with Gasteiger partial charge in [0.25, 0.3) is 10.0 Å². The summed E-state index contributed by atoms with van der Waals surface area (Å²) < 4.78 is 26.4. The number of nitrogens with two attached hydrogens (primary N) is 1. The van der Waals surface area contributed by atoms with Gasteiger partial charge in [-0.15, -0.1) is 10.2 Å². The Balaban J connectivity index is 1.89. The van der Waals surface area contributed by atoms with Crippen molar-refractivity contribution in [1.29, 1.82) is 0 Å². The normalized spacial score (nSPS) is 21.3. The summed E-state index contributed by atoms with van der Waals surface area (Å²) in [4.78, 5) is 2.35. The number of nitrogens with zero attached hydrogens (tertiary/aromatic N) is 3. The average Bonchev–Trinajstić information content (AvgIpc) is 2.95. The van der Waals surface area contributed by atoms with Crippen LogP contribution in [0, 0.1) is 5.92 Å². The molecule has 2 rings (SSSR count). The zero-order valence-electron chi connectivity index (χ0n) is 11.0. The Morgan fingerprint density at radius 1 is 1.53 bits per heavy atom. The highest BCUT2D eigenvalue weighted by atomic mass is 32.2. The second-order valence-corrected chi connectivity index (χ2v) is 7.95. The van der Waals surface area contributed by atoms with Crippen molar-refractivity contribution in [2.45, 2.75) is 30.6 Å². The maximum absolute atomic E-state index is 11.9. The number of nitrogen functional groups attached to an aromatic ring is 1. The van der Waals surface area contributed by atoms with Gasteiger partial charge in [0.2, 0.25) is 9.47 Å². The SMILES string of the molecule is CC(C)N1CCC(CNS(=O)(=O)c2nnc(N)s2)C1. The highest BCUT2D eigenvalue weighted by molar-refractivity contribution is 7.91. The van der Waals surface area contributed by atoms with Gasteiger partial charge in [-0.1, -0.05) is 11.3 Å². The molecule has 1 unspecified atom stereocenters. The van der Waals surface area contributed by atoms with Gasteiger partial charge in [0, 0.05) is 19.1 Å². The minimum atomic E-state index is -3.57. The second kappa shape index (κ2) is 5.70. The van der Waals surface area contributed by atoms with Crippen molar-refractivity contribution in [3.8, 4) is 0 Å². The van der Waals surface area contributed by atoms with Crippen LogP contribution in [0.5, 0.6) is 0 Å². The Hall–Kier alpha value is -0.770. The van der Waals surface area contributed by atoms with Crippen LogP contribution in [0.2, 0.25) is 0 Å². The molecular weight excluding hydrogens is 286 g/mol. The fourth-order valence-electron chi connectivity index (χ4n) is 2.12. The van der Waals surface area contributed by atoms with Gasteiger partial charge in [0.1, 0.15) is 0 Å². The Labute approximate surface area is 117 Å². The molecule has 1 aromatic rings. The molecule has 2 heterocycles. The van der Waals surface area contributed by atoms with E-state index in [9.17, 15) is 8.42 Å². The summed E-state index contributed by atoms with van der Waals surface area (Å²) in [5, 5.41) is 7.23. The molecule has 0 radical (unpaired) electrons. The highest BCUT2D eigenvalue weighted by Gasteiger charge is 2.26. The lowest BCUT2D eigenvalue weighted by atomic mass is 10.1. The van der Waals surface area contributed by atoms with Crippen LogP contribution in [0.1, 0.15) is 20.3 Å². The van der Waals surface area contributed by atoms with Gasteiger partial charge in [0.15, 0.2) is 0 Å². The van der Waals surface area contributed by atoms with E-state index in [-0.39, 0.29) is 9.47 Å². The van der Waals surface area contributed by atoms with Crippen molar-refractivity contribution in [3.05, 3.63) is 0 Å². The first-order valence-corrected chi connectivity index (χ1v) is 8.51. The number of aromatic nitrogens is 2. The van der Waals surface area contributed by atoms with Crippen molar-refractivity contribution < 1.29 is 8.42 Å². The van der Waals surface area contributed by atoms with Crippen LogP contribution in [0.4, 0.5) is 5.13 Å². The molecule has 1 aliphatic heterocycles. The lowest BCUT2D eigenvalue weighted by Crippen LogP contribution is -2.33. The molecule has 1 aliphatic rings. The van der Waals surface area contributed by atoms with Crippen molar-refractivity contribution >= 4 is 26.5 Å². The zero-order chi connectivity index (χ0) is 14.0. The number of sulfonamides is 1. The minimum absolute atomic E-state index is 0.0660. The summed E-state index contributed by atoms with van der Waals surface area (Å²) in [5.74, 6) is 0.349. The molecule has 1 atom stereocenters. The first kappa shape index (κ1) is 14.6. The summed E-state index contributed by atoms with van der Waals surface area (Å²) >= 11 is 0.877. The molecule has 3 N–H and O–H groups in total. The van der Waals surface area contributed by atoms with E-state index in [1.54, 1.807) is 0 Å². The quantitative estimate of drug-likeness (QED) is 0.802. The summed E-state index contributed by atoms with van der Waals surface area (Å²) in [6.07, 6.45) is 1.01. The highest BCUT2D eigenvalue weighted by Crippen LogP contribution is 2.20. The molecule has 9 heteroatoms. The molecule has 1 aromatic heterocycles. The third-order valence-corrected chi connectivity index (χ3v) is 5.81. The Morgan fingerprint density at radius 2 is 2.26 bits per heavy atom. The van der Waals surface area contributed by atoms with Crippen LogP contribution in [0.3, 0.4) is 0 Å². The number of rotatable bonds is 5. The zero-order valence-corrected chi connectivity index (χ0v) is 12.7. The van der Waals surface area contributed by atoms with Gasteiger partial charge >= 0.3 is 0 Å². The van der Waals surface area contributed by atoms with E-state index in [4.69, 9.17) is 5.73 Å². The predicted octanol–water partition coefficient (Wildman–Crippen LogP) is 0.129. The van der Waals surface area contributed by atoms with Crippen molar-refractivity contribution in [3.63, 3.8) is 0 Å². The number of hydrogen-bond acceptors (Lipinski definition) is 7. The second-order valence-electron chi connectivity index (χ2n) is 5.00. The lowest BCUT2D eigenvalue weighted by Gasteiger charge is -2.20. The molecule has 0 bridgehead atoms. The molecule has 7 nitrogen and oxygen atoms in total. The maximum Gasteiger partial charge on any atom is 0.269 e. The molecule has 0 saturated carbocycles. The van der Waals surface area contributed by atoms with Gasteiger partial charge in [-0.3, -0.25) is 0 Å². The number of hydrogen-bond donors (Lipinski definition) is 2. The van der Waals surface area contributed by atoms with Crippen LogP contribution in [-0.2, 0) is 10.0 Å². The summed E-state index contributed by atoms with van der Waals surface area (Å²) in [6.45, 7) is 6.69. The summed E-state index contributed by atoms with van der Waals surface area (Å²) in [7, 11) is -3.57. The third kappa shape index (κ3) is 3.62. The fraction of sp³-hybridized carbons (Fsp3) is 0.800. The smallest absolute Gasteiger partial charge is 0.269 e. The topological polar surface area (TPSA) is 101 Å². The van der Waals surface area contributed by atoms with Gasteiger partial charge in [0.05, 0.1) is 0 Å². The molecule has 0 aliphatic carbocycles. The monoisotopic (exact) mass is 305 g/mol. The maximum atomic E-state index is 11.9. The fourth-order valence-corrected chi connectivity index (χ4v) is 4.06. The molecule has 19 heavy (non-hydrogen) atoms. The predicted molar refractivity (Wildman–Crippen MR) is 74.3 cm³/mol. The molecular formula is C10H19N5O2S2. The third-order valence-electron chi connectivity index (χ3n) is 3.26. The van der Waals surface area contributed by atoms with E-state index in [0.717, 1.165) is 30.8 Å². The van der Waals surface area contributed by atoms with Crippen molar-refractivity contribution in [2.24, 2.45) is 5.92 Å². The molecule has 1 fully saturated rings.